The third kappa shape index (κ3) is 4.57. The molecule has 0 bridgehead atoms. The van der Waals surface area contributed by atoms with Crippen LogP contribution in [0.15, 0.2) is 24.3 Å². The van der Waals surface area contributed by atoms with Crippen LogP contribution >= 0.6 is 0 Å². The fourth-order valence-corrected chi connectivity index (χ4v) is 6.56. The van der Waals surface area contributed by atoms with E-state index in [1.54, 1.807) is 0 Å². The normalized spacial score (nSPS) is 20.8. The van der Waals surface area contributed by atoms with Gasteiger partial charge in [-0.05, 0) is 96.4 Å². The van der Waals surface area contributed by atoms with E-state index in [1.165, 1.54) is 22.3 Å². The lowest BCUT2D eigenvalue weighted by Gasteiger charge is -2.31. The van der Waals surface area contributed by atoms with Crippen molar-refractivity contribution in [1.82, 2.24) is 0 Å². The monoisotopic (exact) mass is 494 g/mol. The van der Waals surface area contributed by atoms with Gasteiger partial charge < -0.3 is 18.9 Å². The highest BCUT2D eigenvalue weighted by molar-refractivity contribution is 5.65. The largest absolute Gasteiger partial charge is 0.490 e. The van der Waals surface area contributed by atoms with Crippen LogP contribution in [0, 0.1) is 0 Å². The molecule has 0 saturated carbocycles. The van der Waals surface area contributed by atoms with Crippen LogP contribution in [0.3, 0.4) is 0 Å². The Bertz CT molecular complexity index is 1080. The Morgan fingerprint density at radius 1 is 0.528 bits per heavy atom. The van der Waals surface area contributed by atoms with Crippen molar-refractivity contribution in [2.75, 3.05) is 26.4 Å². The first kappa shape index (κ1) is 26.7. The maximum absolute atomic E-state index is 6.28. The summed E-state index contributed by atoms with van der Waals surface area (Å²) >= 11 is 0. The Morgan fingerprint density at radius 2 is 0.861 bits per heavy atom. The van der Waals surface area contributed by atoms with E-state index in [4.69, 9.17) is 18.9 Å². The molecule has 0 radical (unpaired) electrons. The molecule has 2 aromatic carbocycles. The molecule has 0 saturated heterocycles. The molecule has 36 heavy (non-hydrogen) atoms. The Balaban J connectivity index is 1.92. The number of benzene rings is 2. The highest BCUT2D eigenvalue weighted by Crippen LogP contribution is 2.64. The third-order valence-electron chi connectivity index (χ3n) is 7.83. The minimum Gasteiger partial charge on any atom is -0.490 e. The first-order valence-corrected chi connectivity index (χ1v) is 14.0. The van der Waals surface area contributed by atoms with Gasteiger partial charge in [-0.3, -0.25) is 0 Å². The SMILES string of the molecule is CCCOc1cc2c(cc1OCC)C1(CC2(C)C)CC(C)(C)c2cc(OCCC)c(OCCC)cc21. The molecule has 1 atom stereocenters. The maximum Gasteiger partial charge on any atom is 0.161 e. The molecule has 2 aromatic rings. The number of fused-ring (bicyclic) bond motifs is 4. The molecule has 4 rings (SSSR count). The van der Waals surface area contributed by atoms with Crippen molar-refractivity contribution < 1.29 is 18.9 Å². The summed E-state index contributed by atoms with van der Waals surface area (Å²) in [4.78, 5) is 0. The van der Waals surface area contributed by atoms with E-state index in [2.05, 4.69) is 72.7 Å². The van der Waals surface area contributed by atoms with Gasteiger partial charge in [-0.25, -0.2) is 0 Å². The molecule has 4 heteroatoms. The first-order valence-electron chi connectivity index (χ1n) is 14.0. The van der Waals surface area contributed by atoms with Crippen molar-refractivity contribution >= 4 is 0 Å². The average molecular weight is 495 g/mol. The van der Waals surface area contributed by atoms with Crippen molar-refractivity contribution in [3.8, 4) is 23.0 Å². The molecule has 0 amide bonds. The topological polar surface area (TPSA) is 36.9 Å². The van der Waals surface area contributed by atoms with E-state index in [-0.39, 0.29) is 16.2 Å². The molecule has 1 unspecified atom stereocenters. The first-order chi connectivity index (χ1) is 17.1. The number of rotatable bonds is 11. The minimum absolute atomic E-state index is 0.0177. The van der Waals surface area contributed by atoms with E-state index >= 15 is 0 Å². The summed E-state index contributed by atoms with van der Waals surface area (Å²) in [5.41, 5.74) is 5.47. The fourth-order valence-electron chi connectivity index (χ4n) is 6.56. The summed E-state index contributed by atoms with van der Waals surface area (Å²) in [6.07, 6.45) is 5.02. The molecule has 0 fully saturated rings. The van der Waals surface area contributed by atoms with E-state index in [1.807, 2.05) is 6.92 Å². The summed E-state index contributed by atoms with van der Waals surface area (Å²) < 4.78 is 24.8. The zero-order chi connectivity index (χ0) is 26.1. The van der Waals surface area contributed by atoms with Gasteiger partial charge in [-0.1, -0.05) is 48.5 Å². The molecule has 0 aliphatic heterocycles. The molecule has 2 aliphatic carbocycles. The Kier molecular flexibility index (Phi) is 7.55. The van der Waals surface area contributed by atoms with Crippen LogP contribution in [0.1, 0.15) is 110 Å². The van der Waals surface area contributed by atoms with Crippen LogP contribution in [0.2, 0.25) is 0 Å². The van der Waals surface area contributed by atoms with E-state index in [0.29, 0.717) is 26.4 Å². The highest BCUT2D eigenvalue weighted by Gasteiger charge is 2.57. The van der Waals surface area contributed by atoms with Crippen LogP contribution in [-0.4, -0.2) is 26.4 Å². The molecule has 0 heterocycles. The van der Waals surface area contributed by atoms with E-state index in [0.717, 1.165) is 55.1 Å². The molecular weight excluding hydrogens is 448 g/mol. The molecule has 2 aliphatic rings. The molecule has 0 aromatic heterocycles. The Labute approximate surface area is 218 Å². The summed E-state index contributed by atoms with van der Waals surface area (Å²) in [6, 6.07) is 9.14. The van der Waals surface area contributed by atoms with Crippen molar-refractivity contribution in [1.29, 1.82) is 0 Å². The van der Waals surface area contributed by atoms with Gasteiger partial charge in [-0.15, -0.1) is 0 Å². The minimum atomic E-state index is -0.0968. The van der Waals surface area contributed by atoms with Gasteiger partial charge in [0.15, 0.2) is 23.0 Å². The van der Waals surface area contributed by atoms with Gasteiger partial charge in [-0.2, -0.15) is 0 Å². The molecule has 0 N–H and O–H groups in total. The molecule has 4 nitrogen and oxygen atoms in total. The van der Waals surface area contributed by atoms with Crippen LogP contribution in [-0.2, 0) is 16.2 Å². The fraction of sp³-hybridized carbons (Fsp3) is 0.625. The van der Waals surface area contributed by atoms with Crippen LogP contribution < -0.4 is 18.9 Å². The van der Waals surface area contributed by atoms with Crippen molar-refractivity contribution in [2.24, 2.45) is 0 Å². The van der Waals surface area contributed by atoms with Crippen LogP contribution in [0.5, 0.6) is 23.0 Å². The second-order valence-corrected chi connectivity index (χ2v) is 11.9. The lowest BCUT2D eigenvalue weighted by molar-refractivity contribution is 0.267. The third-order valence-corrected chi connectivity index (χ3v) is 7.83. The average Bonchev–Trinajstić information content (AvgIpc) is 3.18. The summed E-state index contributed by atoms with van der Waals surface area (Å²) in [6.45, 7) is 20.7. The van der Waals surface area contributed by atoms with Crippen LogP contribution in [0.25, 0.3) is 0 Å². The number of hydrogen-bond donors (Lipinski definition) is 0. The number of ether oxygens (including phenoxy) is 4. The summed E-state index contributed by atoms with van der Waals surface area (Å²) in [5.74, 6) is 3.49. The molecule has 1 spiro atoms. The van der Waals surface area contributed by atoms with Gasteiger partial charge in [0.25, 0.3) is 0 Å². The zero-order valence-corrected chi connectivity index (χ0v) is 23.8. The lowest BCUT2D eigenvalue weighted by atomic mass is 9.72. The predicted octanol–water partition coefficient (Wildman–Crippen LogP) is 8.10. The van der Waals surface area contributed by atoms with E-state index < -0.39 is 0 Å². The second kappa shape index (κ2) is 10.2. The van der Waals surface area contributed by atoms with Crippen molar-refractivity contribution in [2.45, 2.75) is 104 Å². The Morgan fingerprint density at radius 3 is 1.19 bits per heavy atom. The molecular formula is C32H46O4. The predicted molar refractivity (Wildman–Crippen MR) is 147 cm³/mol. The van der Waals surface area contributed by atoms with E-state index in [9.17, 15) is 0 Å². The summed E-state index contributed by atoms with van der Waals surface area (Å²) in [7, 11) is 0. The second-order valence-electron chi connectivity index (χ2n) is 11.9. The van der Waals surface area contributed by atoms with Crippen LogP contribution in [0.4, 0.5) is 0 Å². The Hall–Kier alpha value is -2.36. The summed E-state index contributed by atoms with van der Waals surface area (Å²) in [5, 5.41) is 0. The quantitative estimate of drug-likeness (QED) is 0.316. The highest BCUT2D eigenvalue weighted by atomic mass is 16.5. The maximum atomic E-state index is 6.28. The van der Waals surface area contributed by atoms with Gasteiger partial charge >= 0.3 is 0 Å². The molecule has 198 valence electrons. The zero-order valence-electron chi connectivity index (χ0n) is 23.8. The smallest absolute Gasteiger partial charge is 0.161 e. The van der Waals surface area contributed by atoms with Gasteiger partial charge in [0.1, 0.15) is 0 Å². The van der Waals surface area contributed by atoms with Crippen molar-refractivity contribution in [3.63, 3.8) is 0 Å². The number of hydrogen-bond acceptors (Lipinski definition) is 4. The van der Waals surface area contributed by atoms with Gasteiger partial charge in [0, 0.05) is 5.41 Å². The van der Waals surface area contributed by atoms with Gasteiger partial charge in [0.05, 0.1) is 26.4 Å². The standard InChI is InChI=1S/C32H46O4/c1-9-13-34-27-16-22-24(18-26(27)33-12-4)32(20-30(22,5)6)21-31(7,8)23-17-28(35-14-10-2)29(19-25(23)32)36-15-11-3/h16-19H,9-15,20-21H2,1-8H3. The van der Waals surface area contributed by atoms with Gasteiger partial charge in [0.2, 0.25) is 0 Å². The lowest BCUT2D eigenvalue weighted by Crippen LogP contribution is -2.27. The van der Waals surface area contributed by atoms with Crippen molar-refractivity contribution in [3.05, 3.63) is 46.5 Å².